The molecule has 0 unspecified atom stereocenters. The highest BCUT2D eigenvalue weighted by Crippen LogP contribution is 2.28. The van der Waals surface area contributed by atoms with Gasteiger partial charge in [-0.15, -0.1) is 0 Å². The second-order valence-electron chi connectivity index (χ2n) is 4.06. The van der Waals surface area contributed by atoms with Gasteiger partial charge in [-0.3, -0.25) is 9.59 Å². The van der Waals surface area contributed by atoms with E-state index in [-0.39, 0.29) is 0 Å². The average Bonchev–Trinajstić information content (AvgIpc) is 2.41. The van der Waals surface area contributed by atoms with Crippen LogP contribution in [0.4, 0.5) is 0 Å². The molecule has 110 valence electrons. The highest BCUT2D eigenvalue weighted by Gasteiger charge is 2.17. The predicted octanol–water partition coefficient (Wildman–Crippen LogP) is 1.69. The lowest BCUT2D eigenvalue weighted by molar-refractivity contribution is -0.138. The molecular weight excluding hydrogens is 262 g/mol. The maximum Gasteiger partial charge on any atom is 0.325 e. The summed E-state index contributed by atoms with van der Waals surface area (Å²) in [6.07, 6.45) is 0. The van der Waals surface area contributed by atoms with Crippen molar-refractivity contribution in [2.45, 2.75) is 26.8 Å². The number of nitrogens with one attached hydrogen (secondary N) is 1. The van der Waals surface area contributed by atoms with Gasteiger partial charge in [0.1, 0.15) is 6.04 Å². The number of carboxylic acids is 1. The number of carbonyl (C=O) groups excluding carboxylic acids is 1. The molecule has 1 aromatic rings. The summed E-state index contributed by atoms with van der Waals surface area (Å²) in [5.41, 5.74) is 0.324. The quantitative estimate of drug-likeness (QED) is 0.794. The van der Waals surface area contributed by atoms with Crippen molar-refractivity contribution in [3.8, 4) is 11.5 Å². The van der Waals surface area contributed by atoms with E-state index in [1.54, 1.807) is 18.2 Å². The second-order valence-corrected chi connectivity index (χ2v) is 4.06. The van der Waals surface area contributed by atoms with Gasteiger partial charge in [0.15, 0.2) is 11.5 Å². The third-order valence-electron chi connectivity index (χ3n) is 2.52. The van der Waals surface area contributed by atoms with E-state index in [0.29, 0.717) is 30.3 Å². The van der Waals surface area contributed by atoms with Crippen molar-refractivity contribution in [2.75, 3.05) is 13.2 Å². The van der Waals surface area contributed by atoms with Crippen molar-refractivity contribution in [2.24, 2.45) is 0 Å². The van der Waals surface area contributed by atoms with Gasteiger partial charge < -0.3 is 19.9 Å². The normalized spacial score (nSPS) is 11.6. The molecule has 0 spiro atoms. The lowest BCUT2D eigenvalue weighted by Gasteiger charge is -2.13. The summed E-state index contributed by atoms with van der Waals surface area (Å²) < 4.78 is 10.8. The number of hydrogen-bond donors (Lipinski definition) is 2. The summed E-state index contributed by atoms with van der Waals surface area (Å²) >= 11 is 0. The summed E-state index contributed by atoms with van der Waals surface area (Å²) in [7, 11) is 0. The molecule has 6 heteroatoms. The van der Waals surface area contributed by atoms with Crippen molar-refractivity contribution in [1.29, 1.82) is 0 Å². The van der Waals surface area contributed by atoms with Crippen LogP contribution in [0, 0.1) is 0 Å². The molecule has 0 heterocycles. The van der Waals surface area contributed by atoms with Crippen molar-refractivity contribution in [3.05, 3.63) is 23.8 Å². The summed E-state index contributed by atoms with van der Waals surface area (Å²) in [5.74, 6) is -0.541. The minimum atomic E-state index is -1.09. The van der Waals surface area contributed by atoms with Gasteiger partial charge >= 0.3 is 5.97 Å². The van der Waals surface area contributed by atoms with Crippen LogP contribution in [0.3, 0.4) is 0 Å². The van der Waals surface area contributed by atoms with Crippen LogP contribution in [0.2, 0.25) is 0 Å². The Balaban J connectivity index is 2.92. The standard InChI is InChI=1S/C14H19NO5/c1-4-19-11-7-6-10(8-12(11)20-5-2)13(16)15-9(3)14(17)18/h6-9H,4-5H2,1-3H3,(H,15,16)(H,17,18)/t9-/m1/s1. The molecule has 0 aliphatic carbocycles. The van der Waals surface area contributed by atoms with Gasteiger partial charge in [0.05, 0.1) is 13.2 Å². The van der Waals surface area contributed by atoms with Crippen LogP contribution < -0.4 is 14.8 Å². The Morgan fingerprint density at radius 3 is 2.35 bits per heavy atom. The Morgan fingerprint density at radius 1 is 1.20 bits per heavy atom. The highest BCUT2D eigenvalue weighted by atomic mass is 16.5. The number of ether oxygens (including phenoxy) is 2. The number of rotatable bonds is 7. The maximum absolute atomic E-state index is 11.9. The van der Waals surface area contributed by atoms with Crippen LogP contribution in [0.5, 0.6) is 11.5 Å². The Morgan fingerprint density at radius 2 is 1.80 bits per heavy atom. The Kier molecular flexibility index (Phi) is 5.83. The zero-order valence-electron chi connectivity index (χ0n) is 11.8. The maximum atomic E-state index is 11.9. The van der Waals surface area contributed by atoms with Gasteiger partial charge in [-0.2, -0.15) is 0 Å². The molecule has 1 rings (SSSR count). The fraction of sp³-hybridized carbons (Fsp3) is 0.429. The lowest BCUT2D eigenvalue weighted by atomic mass is 10.1. The molecule has 0 aliphatic heterocycles. The largest absolute Gasteiger partial charge is 0.490 e. The Labute approximate surface area is 117 Å². The summed E-state index contributed by atoms with van der Waals surface area (Å²) in [5, 5.41) is 11.2. The number of carbonyl (C=O) groups is 2. The number of carboxylic acid groups (broad SMARTS) is 1. The van der Waals surface area contributed by atoms with Crippen LogP contribution >= 0.6 is 0 Å². The number of benzene rings is 1. The van der Waals surface area contributed by atoms with Crippen LogP contribution in [-0.4, -0.2) is 36.2 Å². The van der Waals surface area contributed by atoms with Crippen LogP contribution in [0.25, 0.3) is 0 Å². The van der Waals surface area contributed by atoms with E-state index in [9.17, 15) is 9.59 Å². The summed E-state index contributed by atoms with van der Waals surface area (Å²) in [6.45, 7) is 6.01. The molecular formula is C14H19NO5. The molecule has 0 bridgehead atoms. The second kappa shape index (κ2) is 7.37. The fourth-order valence-electron chi connectivity index (χ4n) is 1.53. The zero-order valence-corrected chi connectivity index (χ0v) is 11.8. The third-order valence-corrected chi connectivity index (χ3v) is 2.52. The van der Waals surface area contributed by atoms with Crippen molar-refractivity contribution >= 4 is 11.9 Å². The topological polar surface area (TPSA) is 84.9 Å². The Hall–Kier alpha value is -2.24. The van der Waals surface area contributed by atoms with E-state index >= 15 is 0 Å². The minimum absolute atomic E-state index is 0.324. The van der Waals surface area contributed by atoms with E-state index in [2.05, 4.69) is 5.32 Å². The molecule has 0 aromatic heterocycles. The lowest BCUT2D eigenvalue weighted by Crippen LogP contribution is -2.38. The number of amides is 1. The molecule has 1 aromatic carbocycles. The first-order valence-electron chi connectivity index (χ1n) is 6.42. The molecule has 0 radical (unpaired) electrons. The Bertz CT molecular complexity index is 486. The van der Waals surface area contributed by atoms with Crippen LogP contribution in [-0.2, 0) is 4.79 Å². The molecule has 1 atom stereocenters. The van der Waals surface area contributed by atoms with Crippen molar-refractivity contribution in [1.82, 2.24) is 5.32 Å². The van der Waals surface area contributed by atoms with E-state index in [1.165, 1.54) is 6.92 Å². The van der Waals surface area contributed by atoms with Gasteiger partial charge in [-0.25, -0.2) is 0 Å². The van der Waals surface area contributed by atoms with E-state index < -0.39 is 17.9 Å². The molecule has 0 saturated carbocycles. The fourth-order valence-corrected chi connectivity index (χ4v) is 1.53. The van der Waals surface area contributed by atoms with Crippen LogP contribution in [0.15, 0.2) is 18.2 Å². The zero-order chi connectivity index (χ0) is 15.1. The number of hydrogen-bond acceptors (Lipinski definition) is 4. The van der Waals surface area contributed by atoms with E-state index in [1.807, 2.05) is 13.8 Å². The average molecular weight is 281 g/mol. The molecule has 2 N–H and O–H groups in total. The molecule has 0 aliphatic rings. The molecule has 6 nitrogen and oxygen atoms in total. The number of aliphatic carboxylic acids is 1. The molecule has 20 heavy (non-hydrogen) atoms. The smallest absolute Gasteiger partial charge is 0.325 e. The third kappa shape index (κ3) is 4.15. The minimum Gasteiger partial charge on any atom is -0.490 e. The van der Waals surface area contributed by atoms with Crippen molar-refractivity contribution < 1.29 is 24.2 Å². The molecule has 0 saturated heterocycles. The first-order chi connectivity index (χ1) is 9.49. The van der Waals surface area contributed by atoms with Crippen molar-refractivity contribution in [3.63, 3.8) is 0 Å². The van der Waals surface area contributed by atoms with E-state index in [4.69, 9.17) is 14.6 Å². The monoisotopic (exact) mass is 281 g/mol. The highest BCUT2D eigenvalue weighted by molar-refractivity contribution is 5.97. The van der Waals surface area contributed by atoms with Gasteiger partial charge in [-0.1, -0.05) is 0 Å². The summed E-state index contributed by atoms with van der Waals surface area (Å²) in [4.78, 5) is 22.6. The van der Waals surface area contributed by atoms with Gasteiger partial charge in [0, 0.05) is 5.56 Å². The van der Waals surface area contributed by atoms with E-state index in [0.717, 1.165) is 0 Å². The van der Waals surface area contributed by atoms with Crippen LogP contribution in [0.1, 0.15) is 31.1 Å². The molecule has 1 amide bonds. The first-order valence-corrected chi connectivity index (χ1v) is 6.42. The van der Waals surface area contributed by atoms with Gasteiger partial charge in [0.25, 0.3) is 5.91 Å². The van der Waals surface area contributed by atoms with Gasteiger partial charge in [-0.05, 0) is 39.0 Å². The summed E-state index contributed by atoms with van der Waals surface area (Å²) in [6, 6.07) is 3.79. The SMILES string of the molecule is CCOc1ccc(C(=O)N[C@H](C)C(=O)O)cc1OCC. The first kappa shape index (κ1) is 15.8. The molecule has 0 fully saturated rings. The van der Waals surface area contributed by atoms with Gasteiger partial charge in [0.2, 0.25) is 0 Å². The predicted molar refractivity (Wildman–Crippen MR) is 73.3 cm³/mol.